The number of rotatable bonds is 3. The summed E-state index contributed by atoms with van der Waals surface area (Å²) in [5.74, 6) is 0.0717. The molecule has 0 bridgehead atoms. The van der Waals surface area contributed by atoms with Crippen LogP contribution in [-0.4, -0.2) is 54.5 Å². The normalized spacial score (nSPS) is 27.8. The number of nitrogens with zero attached hydrogens (tertiary/aromatic N) is 2. The average Bonchev–Trinajstić information content (AvgIpc) is 3.42. The number of hydrogen-bond donors (Lipinski definition) is 0. The third kappa shape index (κ3) is 2.47. The predicted molar refractivity (Wildman–Crippen MR) is 92.0 cm³/mol. The van der Waals surface area contributed by atoms with Crippen molar-refractivity contribution in [1.29, 1.82) is 0 Å². The van der Waals surface area contributed by atoms with Crippen LogP contribution in [0, 0.1) is 0 Å². The summed E-state index contributed by atoms with van der Waals surface area (Å²) >= 11 is 0. The van der Waals surface area contributed by atoms with Crippen molar-refractivity contribution in [3.8, 4) is 0 Å². The molecular weight excluding hydrogens is 324 g/mol. The molecule has 2 saturated heterocycles. The van der Waals surface area contributed by atoms with Crippen molar-refractivity contribution < 1.29 is 13.2 Å². The first-order valence-electron chi connectivity index (χ1n) is 8.76. The molecule has 5 nitrogen and oxygen atoms in total. The first-order valence-corrected chi connectivity index (χ1v) is 10.3. The molecule has 1 spiro atoms. The Morgan fingerprint density at radius 1 is 1.08 bits per heavy atom. The number of sulfonamides is 1. The Labute approximate surface area is 143 Å². The highest BCUT2D eigenvalue weighted by molar-refractivity contribution is 7.90. The summed E-state index contributed by atoms with van der Waals surface area (Å²) in [6.07, 6.45) is 3.88. The minimum atomic E-state index is -3.10. The van der Waals surface area contributed by atoms with Crippen LogP contribution in [0.3, 0.4) is 0 Å². The molecule has 1 aromatic rings. The van der Waals surface area contributed by atoms with Crippen LogP contribution in [0.1, 0.15) is 43.6 Å². The zero-order valence-electron chi connectivity index (χ0n) is 14.0. The van der Waals surface area contributed by atoms with Gasteiger partial charge in [0.25, 0.3) is 0 Å². The average molecular weight is 348 g/mol. The van der Waals surface area contributed by atoms with E-state index in [2.05, 4.69) is 0 Å². The molecule has 0 unspecified atom stereocenters. The number of likely N-dealkylation sites (tertiary alicyclic amines) is 1. The second-order valence-electron chi connectivity index (χ2n) is 7.43. The molecule has 0 radical (unpaired) electrons. The lowest BCUT2D eigenvalue weighted by molar-refractivity contribution is -0.131. The fourth-order valence-electron chi connectivity index (χ4n) is 4.29. The Balaban J connectivity index is 1.52. The van der Waals surface area contributed by atoms with Crippen LogP contribution in [0.2, 0.25) is 0 Å². The zero-order valence-corrected chi connectivity index (χ0v) is 14.8. The lowest BCUT2D eigenvalue weighted by Gasteiger charge is -2.43. The summed E-state index contributed by atoms with van der Waals surface area (Å²) in [5, 5.41) is -0.147. The molecule has 1 amide bonds. The molecule has 130 valence electrons. The maximum atomic E-state index is 12.8. The van der Waals surface area contributed by atoms with Crippen LogP contribution in [0.25, 0.3) is 0 Å². The Morgan fingerprint density at radius 3 is 2.29 bits per heavy atom. The highest BCUT2D eigenvalue weighted by atomic mass is 32.2. The van der Waals surface area contributed by atoms with Crippen molar-refractivity contribution in [3.63, 3.8) is 0 Å². The van der Waals surface area contributed by atoms with Crippen molar-refractivity contribution >= 4 is 15.9 Å². The van der Waals surface area contributed by atoms with Crippen LogP contribution >= 0.6 is 0 Å². The molecule has 24 heavy (non-hydrogen) atoms. The zero-order chi connectivity index (χ0) is 16.9. The summed E-state index contributed by atoms with van der Waals surface area (Å²) in [5.41, 5.74) is 0.881. The molecule has 1 atom stereocenters. The molecule has 1 aliphatic carbocycles. The summed E-state index contributed by atoms with van der Waals surface area (Å²) in [7, 11) is -1.22. The highest BCUT2D eigenvalue weighted by Gasteiger charge is 2.52. The second kappa shape index (κ2) is 5.56. The van der Waals surface area contributed by atoms with Crippen LogP contribution in [0.15, 0.2) is 30.3 Å². The van der Waals surface area contributed by atoms with E-state index in [0.717, 1.165) is 37.7 Å². The molecule has 1 saturated carbocycles. The van der Waals surface area contributed by atoms with Gasteiger partial charge in [-0.25, -0.2) is 12.7 Å². The highest BCUT2D eigenvalue weighted by Crippen LogP contribution is 2.45. The van der Waals surface area contributed by atoms with Crippen molar-refractivity contribution in [3.05, 3.63) is 35.9 Å². The van der Waals surface area contributed by atoms with Crippen molar-refractivity contribution in [1.82, 2.24) is 9.21 Å². The molecule has 4 rings (SSSR count). The number of benzene rings is 1. The maximum absolute atomic E-state index is 12.8. The van der Waals surface area contributed by atoms with Gasteiger partial charge in [0.1, 0.15) is 0 Å². The number of carbonyl (C=O) groups is 1. The van der Waals surface area contributed by atoms with Crippen molar-refractivity contribution in [2.75, 3.05) is 20.1 Å². The smallest absolute Gasteiger partial charge is 0.230 e. The van der Waals surface area contributed by atoms with Crippen molar-refractivity contribution in [2.45, 2.75) is 48.8 Å². The largest absolute Gasteiger partial charge is 0.339 e. The van der Waals surface area contributed by atoms with E-state index in [9.17, 15) is 13.2 Å². The van der Waals surface area contributed by atoms with Crippen LogP contribution in [0.5, 0.6) is 0 Å². The van der Waals surface area contributed by atoms with E-state index in [4.69, 9.17) is 0 Å². The van der Waals surface area contributed by atoms with Gasteiger partial charge in [0, 0.05) is 25.7 Å². The maximum Gasteiger partial charge on any atom is 0.230 e. The monoisotopic (exact) mass is 348 g/mol. The van der Waals surface area contributed by atoms with E-state index in [1.165, 1.54) is 0 Å². The third-order valence-electron chi connectivity index (χ3n) is 6.08. The van der Waals surface area contributed by atoms with Gasteiger partial charge in [0.2, 0.25) is 15.9 Å². The number of likely N-dealkylation sites (N-methyl/N-ethyl adjacent to an activating group) is 1. The molecule has 3 fully saturated rings. The lowest BCUT2D eigenvalue weighted by Crippen LogP contribution is -2.53. The predicted octanol–water partition coefficient (Wildman–Crippen LogP) is 1.96. The molecule has 0 aromatic heterocycles. The first kappa shape index (κ1) is 16.1. The minimum absolute atomic E-state index is 0.0946. The van der Waals surface area contributed by atoms with Gasteiger partial charge in [-0.2, -0.15) is 0 Å². The van der Waals surface area contributed by atoms with Crippen LogP contribution in [0.4, 0.5) is 0 Å². The van der Waals surface area contributed by atoms with Gasteiger partial charge in [-0.15, -0.1) is 0 Å². The summed E-state index contributed by atoms with van der Waals surface area (Å²) in [6.45, 7) is 1.08. The number of piperidine rings is 1. The van der Waals surface area contributed by atoms with Gasteiger partial charge >= 0.3 is 0 Å². The van der Waals surface area contributed by atoms with Crippen LogP contribution < -0.4 is 0 Å². The molecule has 2 heterocycles. The Hall–Kier alpha value is -1.40. The van der Waals surface area contributed by atoms with E-state index in [1.54, 1.807) is 4.31 Å². The third-order valence-corrected chi connectivity index (χ3v) is 8.48. The van der Waals surface area contributed by atoms with Gasteiger partial charge in [-0.1, -0.05) is 30.3 Å². The standard InChI is InChI=1S/C18H24N2O3S/c1-19-17(21)16(14-5-3-2-4-6-14)13-18(19)9-11-20(12-10-18)24(22,23)15-7-8-15/h2-6,15-16H,7-13H2,1H3/t16-/m1/s1. The van der Waals surface area contributed by atoms with Gasteiger partial charge < -0.3 is 4.90 Å². The molecule has 2 aliphatic heterocycles. The summed E-state index contributed by atoms with van der Waals surface area (Å²) in [6, 6.07) is 9.94. The molecular formula is C18H24N2O3S. The Bertz CT molecular complexity index is 735. The van der Waals surface area contributed by atoms with E-state index in [0.29, 0.717) is 13.1 Å². The topological polar surface area (TPSA) is 57.7 Å². The fourth-order valence-corrected chi connectivity index (χ4v) is 6.14. The summed E-state index contributed by atoms with van der Waals surface area (Å²) < 4.78 is 26.5. The first-order chi connectivity index (χ1) is 11.4. The molecule has 1 aromatic carbocycles. The SMILES string of the molecule is CN1C(=O)[C@@H](c2ccccc2)CC12CCN(S(=O)(=O)C1CC1)CC2. The fraction of sp³-hybridized carbons (Fsp3) is 0.611. The van der Waals surface area contributed by atoms with Gasteiger partial charge in [-0.05, 0) is 37.7 Å². The Morgan fingerprint density at radius 2 is 1.71 bits per heavy atom. The number of amides is 1. The Kier molecular flexibility index (Phi) is 3.73. The molecule has 3 aliphatic rings. The minimum Gasteiger partial charge on any atom is -0.339 e. The van der Waals surface area contributed by atoms with Gasteiger partial charge in [0.05, 0.1) is 11.2 Å². The quantitative estimate of drug-likeness (QED) is 0.839. The van der Waals surface area contributed by atoms with Crippen molar-refractivity contribution in [2.24, 2.45) is 0 Å². The van der Waals surface area contributed by atoms with Crippen LogP contribution in [-0.2, 0) is 14.8 Å². The number of hydrogen-bond acceptors (Lipinski definition) is 3. The van der Waals surface area contributed by atoms with E-state index < -0.39 is 10.0 Å². The van der Waals surface area contributed by atoms with E-state index in [-0.39, 0.29) is 22.6 Å². The van der Waals surface area contributed by atoms with Gasteiger partial charge in [-0.3, -0.25) is 4.79 Å². The molecule has 6 heteroatoms. The van der Waals surface area contributed by atoms with E-state index >= 15 is 0 Å². The molecule has 0 N–H and O–H groups in total. The second-order valence-corrected chi connectivity index (χ2v) is 9.65. The summed E-state index contributed by atoms with van der Waals surface area (Å²) in [4.78, 5) is 14.7. The lowest BCUT2D eigenvalue weighted by atomic mass is 9.82. The van der Waals surface area contributed by atoms with Gasteiger partial charge in [0.15, 0.2) is 0 Å². The van der Waals surface area contributed by atoms with E-state index in [1.807, 2.05) is 42.3 Å². The number of carbonyl (C=O) groups excluding carboxylic acids is 1.